The van der Waals surface area contributed by atoms with Crippen molar-refractivity contribution in [1.82, 2.24) is 9.97 Å². The molecule has 144 valence electrons. The van der Waals surface area contributed by atoms with Gasteiger partial charge in [0.05, 0.1) is 29.1 Å². The molecule has 4 aromatic rings. The third kappa shape index (κ3) is 3.78. The maximum Gasteiger partial charge on any atom is 0.336 e. The zero-order chi connectivity index (χ0) is 20.4. The summed E-state index contributed by atoms with van der Waals surface area (Å²) in [6, 6.07) is 16.7. The van der Waals surface area contributed by atoms with E-state index in [1.807, 2.05) is 37.3 Å². The Balaban J connectivity index is 1.71. The van der Waals surface area contributed by atoms with E-state index in [1.165, 1.54) is 24.3 Å². The summed E-state index contributed by atoms with van der Waals surface area (Å²) in [6.07, 6.45) is 1.71. The van der Waals surface area contributed by atoms with Crippen LogP contribution in [0.1, 0.15) is 17.3 Å². The molecule has 0 saturated heterocycles. The van der Waals surface area contributed by atoms with E-state index in [0.29, 0.717) is 23.5 Å². The van der Waals surface area contributed by atoms with Gasteiger partial charge in [-0.3, -0.25) is 4.98 Å². The van der Waals surface area contributed by atoms with Gasteiger partial charge in [0.2, 0.25) is 0 Å². The van der Waals surface area contributed by atoms with E-state index < -0.39 is 11.8 Å². The number of rotatable bonds is 5. The molecule has 0 unspecified atom stereocenters. The van der Waals surface area contributed by atoms with Crippen LogP contribution in [0.5, 0.6) is 5.75 Å². The fourth-order valence-electron chi connectivity index (χ4n) is 3.13. The Hall–Kier alpha value is -3.80. The molecular formula is C23H17FN2O3. The number of fused-ring (bicyclic) bond motifs is 1. The lowest BCUT2D eigenvalue weighted by atomic mass is 10.0. The molecule has 1 N–H and O–H groups in total. The van der Waals surface area contributed by atoms with Gasteiger partial charge in [-0.05, 0) is 55.0 Å². The predicted molar refractivity (Wildman–Crippen MR) is 108 cm³/mol. The number of pyridine rings is 2. The van der Waals surface area contributed by atoms with E-state index in [4.69, 9.17) is 4.74 Å². The molecule has 29 heavy (non-hydrogen) atoms. The molecule has 5 nitrogen and oxygen atoms in total. The number of aromatic nitrogens is 2. The summed E-state index contributed by atoms with van der Waals surface area (Å²) < 4.78 is 19.0. The van der Waals surface area contributed by atoms with Crippen LogP contribution in [0.3, 0.4) is 0 Å². The SMILES string of the molecule is CCOc1ccc(-c2ccc(-c3cc(C(=O)O)c4cc(F)ccc4n3)nc2)cc1. The smallest absolute Gasteiger partial charge is 0.336 e. The van der Waals surface area contributed by atoms with Crippen molar-refractivity contribution in [3.63, 3.8) is 0 Å². The van der Waals surface area contributed by atoms with E-state index in [-0.39, 0.29) is 10.9 Å². The first-order valence-corrected chi connectivity index (χ1v) is 9.08. The first-order chi connectivity index (χ1) is 14.0. The molecular weight excluding hydrogens is 371 g/mol. The molecule has 0 aliphatic heterocycles. The molecule has 2 heterocycles. The molecule has 4 rings (SSSR count). The number of ether oxygens (including phenoxy) is 1. The summed E-state index contributed by atoms with van der Waals surface area (Å²) in [6.45, 7) is 2.54. The Kier molecular flexibility index (Phi) is 4.91. The summed E-state index contributed by atoms with van der Waals surface area (Å²) in [5.41, 5.74) is 3.24. The van der Waals surface area contributed by atoms with Crippen molar-refractivity contribution in [2.45, 2.75) is 6.92 Å². The third-order valence-corrected chi connectivity index (χ3v) is 4.53. The molecule has 6 heteroatoms. The number of aromatic carboxylic acids is 1. The van der Waals surface area contributed by atoms with Crippen molar-refractivity contribution in [3.8, 4) is 28.3 Å². The lowest BCUT2D eigenvalue weighted by Crippen LogP contribution is -2.01. The number of carboxylic acids is 1. The number of carboxylic acid groups (broad SMARTS) is 1. The van der Waals surface area contributed by atoms with Gasteiger partial charge in [0.15, 0.2) is 0 Å². The molecule has 0 saturated carbocycles. The predicted octanol–water partition coefficient (Wildman–Crippen LogP) is 5.20. The highest BCUT2D eigenvalue weighted by molar-refractivity contribution is 6.03. The van der Waals surface area contributed by atoms with Gasteiger partial charge in [0.1, 0.15) is 11.6 Å². The minimum absolute atomic E-state index is 0.0121. The molecule has 0 fully saturated rings. The van der Waals surface area contributed by atoms with Gasteiger partial charge in [-0.25, -0.2) is 14.2 Å². The average molecular weight is 388 g/mol. The third-order valence-electron chi connectivity index (χ3n) is 4.53. The van der Waals surface area contributed by atoms with E-state index in [2.05, 4.69) is 9.97 Å². The van der Waals surface area contributed by atoms with Crippen LogP contribution in [-0.4, -0.2) is 27.7 Å². The highest BCUT2D eigenvalue weighted by atomic mass is 19.1. The van der Waals surface area contributed by atoms with Gasteiger partial charge >= 0.3 is 5.97 Å². The normalized spacial score (nSPS) is 10.8. The summed E-state index contributed by atoms with van der Waals surface area (Å²) in [4.78, 5) is 20.5. The average Bonchev–Trinajstić information content (AvgIpc) is 2.74. The summed E-state index contributed by atoms with van der Waals surface area (Å²) >= 11 is 0. The van der Waals surface area contributed by atoms with Crippen LogP contribution in [0.4, 0.5) is 4.39 Å². The van der Waals surface area contributed by atoms with Crippen LogP contribution in [0, 0.1) is 5.82 Å². The molecule has 0 bridgehead atoms. The van der Waals surface area contributed by atoms with Crippen LogP contribution in [0.15, 0.2) is 66.9 Å². The molecule has 0 spiro atoms. The molecule has 0 aliphatic carbocycles. The molecule has 0 atom stereocenters. The van der Waals surface area contributed by atoms with E-state index in [9.17, 15) is 14.3 Å². The summed E-state index contributed by atoms with van der Waals surface area (Å²) in [5, 5.41) is 9.77. The van der Waals surface area contributed by atoms with Crippen LogP contribution in [0.25, 0.3) is 33.4 Å². The van der Waals surface area contributed by atoms with Crippen LogP contribution in [-0.2, 0) is 0 Å². The lowest BCUT2D eigenvalue weighted by molar-refractivity contribution is 0.0699. The number of nitrogens with zero attached hydrogens (tertiary/aromatic N) is 2. The summed E-state index contributed by atoms with van der Waals surface area (Å²) in [5.74, 6) is -0.846. The number of halogens is 1. The standard InChI is InChI=1S/C23H17FN2O3/c1-2-29-17-7-3-14(4-8-17)15-5-9-21(25-13-15)22-12-19(23(27)28)18-11-16(24)6-10-20(18)26-22/h3-13H,2H2,1H3,(H,27,28). The first kappa shape index (κ1) is 18.6. The highest BCUT2D eigenvalue weighted by Crippen LogP contribution is 2.27. The van der Waals surface area contributed by atoms with Gasteiger partial charge in [-0.1, -0.05) is 18.2 Å². The maximum absolute atomic E-state index is 13.5. The summed E-state index contributed by atoms with van der Waals surface area (Å²) in [7, 11) is 0. The van der Waals surface area contributed by atoms with Crippen molar-refractivity contribution in [1.29, 1.82) is 0 Å². The number of carbonyl (C=O) groups is 1. The topological polar surface area (TPSA) is 72.3 Å². The quantitative estimate of drug-likeness (QED) is 0.509. The van der Waals surface area contributed by atoms with Crippen LogP contribution >= 0.6 is 0 Å². The Bertz CT molecular complexity index is 1190. The molecule has 0 radical (unpaired) electrons. The Morgan fingerprint density at radius 1 is 1.00 bits per heavy atom. The van der Waals surface area contributed by atoms with Crippen molar-refractivity contribution in [3.05, 3.63) is 78.2 Å². The first-order valence-electron chi connectivity index (χ1n) is 9.08. The van der Waals surface area contributed by atoms with Crippen molar-refractivity contribution < 1.29 is 19.0 Å². The Morgan fingerprint density at radius 3 is 2.41 bits per heavy atom. The van der Waals surface area contributed by atoms with E-state index in [0.717, 1.165) is 16.9 Å². The number of hydrogen-bond donors (Lipinski definition) is 1. The number of hydrogen-bond acceptors (Lipinski definition) is 4. The van der Waals surface area contributed by atoms with Gasteiger partial charge in [-0.15, -0.1) is 0 Å². The molecule has 0 aliphatic rings. The fourth-order valence-corrected chi connectivity index (χ4v) is 3.13. The van der Waals surface area contributed by atoms with Crippen molar-refractivity contribution in [2.24, 2.45) is 0 Å². The Morgan fingerprint density at radius 2 is 1.76 bits per heavy atom. The Labute approximate surface area is 166 Å². The van der Waals surface area contributed by atoms with E-state index >= 15 is 0 Å². The zero-order valence-electron chi connectivity index (χ0n) is 15.6. The van der Waals surface area contributed by atoms with Crippen LogP contribution < -0.4 is 4.74 Å². The van der Waals surface area contributed by atoms with Gasteiger partial charge in [0.25, 0.3) is 0 Å². The van der Waals surface area contributed by atoms with Crippen LogP contribution in [0.2, 0.25) is 0 Å². The number of benzene rings is 2. The minimum atomic E-state index is -1.14. The van der Waals surface area contributed by atoms with E-state index in [1.54, 1.807) is 12.3 Å². The zero-order valence-corrected chi connectivity index (χ0v) is 15.6. The molecule has 2 aromatic carbocycles. The van der Waals surface area contributed by atoms with Crippen molar-refractivity contribution >= 4 is 16.9 Å². The minimum Gasteiger partial charge on any atom is -0.494 e. The van der Waals surface area contributed by atoms with Gasteiger partial charge in [-0.2, -0.15) is 0 Å². The second-order valence-electron chi connectivity index (χ2n) is 6.41. The second-order valence-corrected chi connectivity index (χ2v) is 6.41. The fraction of sp³-hybridized carbons (Fsp3) is 0.0870. The molecule has 2 aromatic heterocycles. The van der Waals surface area contributed by atoms with Gasteiger partial charge < -0.3 is 9.84 Å². The maximum atomic E-state index is 13.5. The monoisotopic (exact) mass is 388 g/mol. The molecule has 0 amide bonds. The van der Waals surface area contributed by atoms with Gasteiger partial charge in [0, 0.05) is 17.1 Å². The van der Waals surface area contributed by atoms with Crippen molar-refractivity contribution in [2.75, 3.05) is 6.61 Å². The highest BCUT2D eigenvalue weighted by Gasteiger charge is 2.14. The largest absolute Gasteiger partial charge is 0.494 e. The lowest BCUT2D eigenvalue weighted by Gasteiger charge is -2.08. The second kappa shape index (κ2) is 7.67.